The molecular formula is C10H16N2O2. The highest BCUT2D eigenvalue weighted by Gasteiger charge is 2.44. The van der Waals surface area contributed by atoms with Crippen molar-refractivity contribution < 1.29 is 9.59 Å². The van der Waals surface area contributed by atoms with Crippen molar-refractivity contribution in [1.82, 2.24) is 10.2 Å². The number of imide groups is 1. The number of rotatable bonds is 2. The standard InChI is InChI=1S/C10H16N2O2/c1-6(2)8-9(13)12(10(14)11-8)7-4-3-5-7/h6-8H,3-5H2,1-2H3,(H,11,14). The van der Waals surface area contributed by atoms with Gasteiger partial charge in [-0.05, 0) is 25.2 Å². The Hall–Kier alpha value is -1.06. The molecule has 0 bridgehead atoms. The van der Waals surface area contributed by atoms with E-state index < -0.39 is 0 Å². The molecule has 0 spiro atoms. The lowest BCUT2D eigenvalue weighted by atomic mass is 9.91. The summed E-state index contributed by atoms with van der Waals surface area (Å²) in [5.41, 5.74) is 0. The zero-order chi connectivity index (χ0) is 10.3. The number of hydrogen-bond donors (Lipinski definition) is 1. The van der Waals surface area contributed by atoms with Crippen molar-refractivity contribution in [3.8, 4) is 0 Å². The summed E-state index contributed by atoms with van der Waals surface area (Å²) in [4.78, 5) is 24.8. The molecule has 78 valence electrons. The normalized spacial score (nSPS) is 28.2. The molecule has 4 heteroatoms. The molecular weight excluding hydrogens is 180 g/mol. The first-order valence-corrected chi connectivity index (χ1v) is 5.25. The topological polar surface area (TPSA) is 49.4 Å². The number of urea groups is 1. The van der Waals surface area contributed by atoms with Gasteiger partial charge in [-0.15, -0.1) is 0 Å². The minimum Gasteiger partial charge on any atom is -0.326 e. The van der Waals surface area contributed by atoms with Crippen LogP contribution in [0.1, 0.15) is 33.1 Å². The molecule has 1 unspecified atom stereocenters. The number of nitrogens with one attached hydrogen (secondary N) is 1. The second-order valence-electron chi connectivity index (χ2n) is 4.46. The van der Waals surface area contributed by atoms with Crippen LogP contribution in [0.5, 0.6) is 0 Å². The van der Waals surface area contributed by atoms with Crippen molar-refractivity contribution in [2.75, 3.05) is 0 Å². The molecule has 1 aliphatic carbocycles. The van der Waals surface area contributed by atoms with Crippen molar-refractivity contribution in [3.63, 3.8) is 0 Å². The van der Waals surface area contributed by atoms with Crippen LogP contribution >= 0.6 is 0 Å². The first-order valence-electron chi connectivity index (χ1n) is 5.25. The molecule has 14 heavy (non-hydrogen) atoms. The Morgan fingerprint density at radius 2 is 2.00 bits per heavy atom. The number of hydrogen-bond acceptors (Lipinski definition) is 2. The van der Waals surface area contributed by atoms with E-state index in [0.717, 1.165) is 19.3 Å². The van der Waals surface area contributed by atoms with Gasteiger partial charge in [0.2, 0.25) is 0 Å². The van der Waals surface area contributed by atoms with Crippen molar-refractivity contribution in [1.29, 1.82) is 0 Å². The van der Waals surface area contributed by atoms with Crippen LogP contribution < -0.4 is 5.32 Å². The molecule has 1 atom stereocenters. The average Bonchev–Trinajstić information content (AvgIpc) is 2.29. The molecule has 3 amide bonds. The smallest absolute Gasteiger partial charge is 0.325 e. The van der Waals surface area contributed by atoms with Gasteiger partial charge in [-0.2, -0.15) is 0 Å². The number of carbonyl (C=O) groups is 2. The van der Waals surface area contributed by atoms with Crippen LogP contribution in [0.25, 0.3) is 0 Å². The lowest BCUT2D eigenvalue weighted by Gasteiger charge is -2.32. The predicted octanol–water partition coefficient (Wildman–Crippen LogP) is 1.12. The minimum absolute atomic E-state index is 0.0327. The summed E-state index contributed by atoms with van der Waals surface area (Å²) >= 11 is 0. The Labute approximate surface area is 83.6 Å². The lowest BCUT2D eigenvalue weighted by Crippen LogP contribution is -2.45. The maximum atomic E-state index is 11.8. The summed E-state index contributed by atoms with van der Waals surface area (Å²) in [6.07, 6.45) is 3.09. The molecule has 0 aromatic rings. The van der Waals surface area contributed by atoms with Gasteiger partial charge in [-0.1, -0.05) is 13.8 Å². The molecule has 0 aromatic carbocycles. The van der Waals surface area contributed by atoms with Gasteiger partial charge in [-0.3, -0.25) is 9.69 Å². The molecule has 2 aliphatic rings. The van der Waals surface area contributed by atoms with Crippen LogP contribution in [0.15, 0.2) is 0 Å². The third-order valence-corrected chi connectivity index (χ3v) is 3.11. The van der Waals surface area contributed by atoms with E-state index in [0.29, 0.717) is 0 Å². The van der Waals surface area contributed by atoms with E-state index in [2.05, 4.69) is 5.32 Å². The Balaban J connectivity index is 2.11. The van der Waals surface area contributed by atoms with Crippen LogP contribution in [0.2, 0.25) is 0 Å². The van der Waals surface area contributed by atoms with Gasteiger partial charge in [-0.25, -0.2) is 4.79 Å². The quantitative estimate of drug-likeness (QED) is 0.673. The molecule has 1 saturated heterocycles. The minimum atomic E-state index is -0.303. The van der Waals surface area contributed by atoms with Gasteiger partial charge in [0, 0.05) is 6.04 Å². The number of nitrogens with zero attached hydrogens (tertiary/aromatic N) is 1. The zero-order valence-corrected chi connectivity index (χ0v) is 8.62. The van der Waals surface area contributed by atoms with Gasteiger partial charge in [0.15, 0.2) is 0 Å². The third kappa shape index (κ3) is 1.29. The Bertz CT molecular complexity index is 271. The fourth-order valence-electron chi connectivity index (χ4n) is 1.96. The lowest BCUT2D eigenvalue weighted by molar-refractivity contribution is -0.131. The van der Waals surface area contributed by atoms with Crippen molar-refractivity contribution in [3.05, 3.63) is 0 Å². The SMILES string of the molecule is CC(C)C1NC(=O)N(C2CCC2)C1=O. The summed E-state index contributed by atoms with van der Waals surface area (Å²) in [6.45, 7) is 3.90. The van der Waals surface area contributed by atoms with Gasteiger partial charge in [0.25, 0.3) is 5.91 Å². The number of amides is 3. The summed E-state index contributed by atoms with van der Waals surface area (Å²) in [7, 11) is 0. The van der Waals surface area contributed by atoms with E-state index in [1.165, 1.54) is 4.90 Å². The first-order chi connectivity index (χ1) is 6.61. The highest BCUT2D eigenvalue weighted by molar-refractivity contribution is 6.04. The Morgan fingerprint density at radius 3 is 2.36 bits per heavy atom. The van der Waals surface area contributed by atoms with E-state index in [9.17, 15) is 9.59 Å². The van der Waals surface area contributed by atoms with Gasteiger partial charge >= 0.3 is 6.03 Å². The van der Waals surface area contributed by atoms with E-state index >= 15 is 0 Å². The van der Waals surface area contributed by atoms with E-state index in [-0.39, 0.29) is 29.9 Å². The summed E-state index contributed by atoms with van der Waals surface area (Å²) in [6, 6.07) is -0.326. The van der Waals surface area contributed by atoms with Crippen LogP contribution in [-0.4, -0.2) is 28.9 Å². The van der Waals surface area contributed by atoms with E-state index in [1.807, 2.05) is 13.8 Å². The molecule has 1 heterocycles. The highest BCUT2D eigenvalue weighted by atomic mass is 16.2. The highest BCUT2D eigenvalue weighted by Crippen LogP contribution is 2.28. The fraction of sp³-hybridized carbons (Fsp3) is 0.800. The molecule has 2 rings (SSSR count). The van der Waals surface area contributed by atoms with E-state index in [1.54, 1.807) is 0 Å². The summed E-state index contributed by atoms with van der Waals surface area (Å²) in [5.74, 6) is 0.145. The molecule has 1 N–H and O–H groups in total. The summed E-state index contributed by atoms with van der Waals surface area (Å²) in [5, 5.41) is 2.74. The molecule has 2 fully saturated rings. The van der Waals surface area contributed by atoms with Gasteiger partial charge < -0.3 is 5.32 Å². The maximum absolute atomic E-state index is 11.8. The monoisotopic (exact) mass is 196 g/mol. The first kappa shape index (κ1) is 9.49. The number of carbonyl (C=O) groups excluding carboxylic acids is 2. The third-order valence-electron chi connectivity index (χ3n) is 3.11. The Morgan fingerprint density at radius 1 is 1.36 bits per heavy atom. The van der Waals surface area contributed by atoms with Crippen molar-refractivity contribution in [2.24, 2.45) is 5.92 Å². The Kier molecular flexibility index (Phi) is 2.21. The zero-order valence-electron chi connectivity index (χ0n) is 8.62. The van der Waals surface area contributed by atoms with E-state index in [4.69, 9.17) is 0 Å². The maximum Gasteiger partial charge on any atom is 0.325 e. The van der Waals surface area contributed by atoms with Gasteiger partial charge in [0.05, 0.1) is 0 Å². The second kappa shape index (κ2) is 3.26. The molecule has 1 aliphatic heterocycles. The molecule has 1 saturated carbocycles. The average molecular weight is 196 g/mol. The van der Waals surface area contributed by atoms with Crippen LogP contribution in [0.4, 0.5) is 4.79 Å². The van der Waals surface area contributed by atoms with Gasteiger partial charge in [0.1, 0.15) is 6.04 Å². The van der Waals surface area contributed by atoms with Crippen LogP contribution in [0.3, 0.4) is 0 Å². The summed E-state index contributed by atoms with van der Waals surface area (Å²) < 4.78 is 0. The van der Waals surface area contributed by atoms with Crippen LogP contribution in [-0.2, 0) is 4.79 Å². The second-order valence-corrected chi connectivity index (χ2v) is 4.46. The molecule has 0 radical (unpaired) electrons. The largest absolute Gasteiger partial charge is 0.326 e. The van der Waals surface area contributed by atoms with Crippen molar-refractivity contribution >= 4 is 11.9 Å². The van der Waals surface area contributed by atoms with Crippen molar-refractivity contribution in [2.45, 2.75) is 45.2 Å². The molecule has 4 nitrogen and oxygen atoms in total. The fourth-order valence-corrected chi connectivity index (χ4v) is 1.96. The van der Waals surface area contributed by atoms with Crippen LogP contribution in [0, 0.1) is 5.92 Å². The predicted molar refractivity (Wildman–Crippen MR) is 51.6 cm³/mol. The molecule has 0 aromatic heterocycles.